The van der Waals surface area contributed by atoms with Crippen molar-refractivity contribution in [2.45, 2.75) is 84.2 Å². The van der Waals surface area contributed by atoms with Gasteiger partial charge in [0.05, 0.1) is 5.56 Å². The van der Waals surface area contributed by atoms with Crippen molar-refractivity contribution in [1.29, 1.82) is 0 Å². The number of hydrogen-bond donors (Lipinski definition) is 0. The molecule has 0 aliphatic carbocycles. The van der Waals surface area contributed by atoms with E-state index in [9.17, 15) is 4.79 Å². The molecule has 3 nitrogen and oxygen atoms in total. The number of nitrogens with zero attached hydrogens (tertiary/aromatic N) is 1. The first-order valence-electron chi connectivity index (χ1n) is 11.0. The number of ether oxygens (including phenoxy) is 1. The maximum atomic E-state index is 12.4. The molecule has 0 radical (unpaired) electrons. The summed E-state index contributed by atoms with van der Waals surface area (Å²) in [5.41, 5.74) is 2.60. The molecule has 1 aromatic carbocycles. The van der Waals surface area contributed by atoms with Crippen molar-refractivity contribution in [1.82, 2.24) is 4.98 Å². The minimum atomic E-state index is -0.304. The topological polar surface area (TPSA) is 39.2 Å². The maximum absolute atomic E-state index is 12.4. The molecule has 28 heavy (non-hydrogen) atoms. The minimum absolute atomic E-state index is 0.217. The number of aryl methyl sites for hydroxylation is 1. The van der Waals surface area contributed by atoms with E-state index in [0.717, 1.165) is 30.5 Å². The number of esters is 1. The number of rotatable bonds is 13. The van der Waals surface area contributed by atoms with E-state index in [1.165, 1.54) is 44.9 Å². The highest BCUT2D eigenvalue weighted by atomic mass is 16.5. The van der Waals surface area contributed by atoms with Gasteiger partial charge in [0.1, 0.15) is 6.10 Å². The Hall–Kier alpha value is -2.16. The van der Waals surface area contributed by atoms with E-state index in [4.69, 9.17) is 4.74 Å². The Balaban J connectivity index is 1.73. The van der Waals surface area contributed by atoms with Crippen LogP contribution in [-0.4, -0.2) is 11.0 Å². The van der Waals surface area contributed by atoms with Crippen LogP contribution >= 0.6 is 0 Å². The van der Waals surface area contributed by atoms with Crippen molar-refractivity contribution in [3.63, 3.8) is 0 Å². The lowest BCUT2D eigenvalue weighted by Crippen LogP contribution is -2.11. The largest absolute Gasteiger partial charge is 0.454 e. The number of benzene rings is 1. The summed E-state index contributed by atoms with van der Waals surface area (Å²) in [5.74, 6) is -0.304. The molecule has 1 unspecified atom stereocenters. The van der Waals surface area contributed by atoms with Gasteiger partial charge in [-0.2, -0.15) is 0 Å². The Kier molecular flexibility index (Phi) is 10.3. The molecule has 0 aliphatic heterocycles. The van der Waals surface area contributed by atoms with Gasteiger partial charge >= 0.3 is 5.97 Å². The number of unbranched alkanes of at least 4 members (excludes halogenated alkanes) is 7. The zero-order valence-electron chi connectivity index (χ0n) is 17.5. The van der Waals surface area contributed by atoms with Crippen molar-refractivity contribution in [2.24, 2.45) is 0 Å². The zero-order valence-corrected chi connectivity index (χ0v) is 17.5. The van der Waals surface area contributed by atoms with Gasteiger partial charge in [-0.1, -0.05) is 89.1 Å². The van der Waals surface area contributed by atoms with Crippen LogP contribution in [0.4, 0.5) is 0 Å². The first kappa shape index (κ1) is 22.1. The number of aromatic nitrogens is 1. The maximum Gasteiger partial charge on any atom is 0.340 e. The highest BCUT2D eigenvalue weighted by molar-refractivity contribution is 5.89. The molecule has 0 amide bonds. The molecule has 0 saturated heterocycles. The second kappa shape index (κ2) is 13.1. The van der Waals surface area contributed by atoms with E-state index < -0.39 is 0 Å². The molecule has 0 N–H and O–H groups in total. The van der Waals surface area contributed by atoms with Crippen molar-refractivity contribution in [2.75, 3.05) is 0 Å². The molecule has 0 spiro atoms. The molecular formula is C25H35NO2. The van der Waals surface area contributed by atoms with Crippen molar-refractivity contribution in [3.05, 3.63) is 65.5 Å². The Morgan fingerprint density at radius 1 is 0.893 bits per heavy atom. The van der Waals surface area contributed by atoms with Gasteiger partial charge in [-0.25, -0.2) is 4.79 Å². The van der Waals surface area contributed by atoms with Crippen LogP contribution in [0.15, 0.2) is 48.7 Å². The quantitative estimate of drug-likeness (QED) is 0.275. The van der Waals surface area contributed by atoms with Crippen LogP contribution < -0.4 is 0 Å². The molecule has 1 atom stereocenters. The second-order valence-corrected chi connectivity index (χ2v) is 7.48. The van der Waals surface area contributed by atoms with E-state index in [1.54, 1.807) is 6.20 Å². The molecule has 2 aromatic rings. The summed E-state index contributed by atoms with van der Waals surface area (Å²) in [7, 11) is 0. The third kappa shape index (κ3) is 7.84. The third-order valence-corrected chi connectivity index (χ3v) is 5.14. The standard InChI is InChI=1S/C25H35NO2/c1-3-5-6-7-8-9-10-14-17-23-19-18-22(20-26-23)25(27)28-24(4-2)21-15-12-11-13-16-21/h11-13,15-16,18-20,24H,3-10,14,17H2,1-2H3. The van der Waals surface area contributed by atoms with Crippen molar-refractivity contribution in [3.8, 4) is 0 Å². The summed E-state index contributed by atoms with van der Waals surface area (Å²) >= 11 is 0. The summed E-state index contributed by atoms with van der Waals surface area (Å²) in [6.07, 6.45) is 13.7. The lowest BCUT2D eigenvalue weighted by molar-refractivity contribution is 0.0287. The van der Waals surface area contributed by atoms with Crippen LogP contribution in [0.3, 0.4) is 0 Å². The Morgan fingerprint density at radius 2 is 1.57 bits per heavy atom. The fourth-order valence-electron chi connectivity index (χ4n) is 3.39. The minimum Gasteiger partial charge on any atom is -0.454 e. The molecule has 0 aliphatic rings. The molecule has 3 heteroatoms. The Morgan fingerprint density at radius 3 is 2.18 bits per heavy atom. The monoisotopic (exact) mass is 381 g/mol. The van der Waals surface area contributed by atoms with Gasteiger partial charge in [0.15, 0.2) is 0 Å². The van der Waals surface area contributed by atoms with Gasteiger partial charge in [-0.15, -0.1) is 0 Å². The Labute approximate surface area is 170 Å². The van der Waals surface area contributed by atoms with Gasteiger partial charge in [0, 0.05) is 11.9 Å². The number of pyridine rings is 1. The van der Waals surface area contributed by atoms with Gasteiger partial charge in [0.2, 0.25) is 0 Å². The first-order valence-corrected chi connectivity index (χ1v) is 11.0. The van der Waals surface area contributed by atoms with E-state index in [-0.39, 0.29) is 12.1 Å². The first-order chi connectivity index (χ1) is 13.7. The van der Waals surface area contributed by atoms with E-state index >= 15 is 0 Å². The van der Waals surface area contributed by atoms with E-state index in [2.05, 4.69) is 11.9 Å². The predicted octanol–water partition coefficient (Wildman–Crippen LogP) is 7.07. The van der Waals surface area contributed by atoms with E-state index in [1.807, 2.05) is 49.4 Å². The van der Waals surface area contributed by atoms with Gasteiger partial charge < -0.3 is 4.74 Å². The molecule has 0 fully saturated rings. The molecule has 0 bridgehead atoms. The molecule has 152 valence electrons. The van der Waals surface area contributed by atoms with E-state index in [0.29, 0.717) is 5.56 Å². The summed E-state index contributed by atoms with van der Waals surface area (Å²) in [5, 5.41) is 0. The van der Waals surface area contributed by atoms with Crippen LogP contribution in [0.1, 0.15) is 99.4 Å². The average molecular weight is 382 g/mol. The van der Waals surface area contributed by atoms with Crippen molar-refractivity contribution >= 4 is 5.97 Å². The highest BCUT2D eigenvalue weighted by Gasteiger charge is 2.16. The average Bonchev–Trinajstić information content (AvgIpc) is 2.74. The van der Waals surface area contributed by atoms with Crippen LogP contribution in [0.2, 0.25) is 0 Å². The SMILES string of the molecule is CCCCCCCCCCc1ccc(C(=O)OC(CC)c2ccccc2)cn1. The summed E-state index contributed by atoms with van der Waals surface area (Å²) in [6, 6.07) is 13.7. The van der Waals surface area contributed by atoms with Crippen molar-refractivity contribution < 1.29 is 9.53 Å². The van der Waals surface area contributed by atoms with Crippen LogP contribution in [0.25, 0.3) is 0 Å². The summed E-state index contributed by atoms with van der Waals surface area (Å²) in [4.78, 5) is 16.9. The third-order valence-electron chi connectivity index (χ3n) is 5.14. The second-order valence-electron chi connectivity index (χ2n) is 7.48. The number of carbonyl (C=O) groups excluding carboxylic acids is 1. The van der Waals surface area contributed by atoms with Gasteiger partial charge in [-0.3, -0.25) is 4.98 Å². The molecule has 1 heterocycles. The van der Waals surface area contributed by atoms with Crippen LogP contribution in [-0.2, 0) is 11.2 Å². The molecule has 1 aromatic heterocycles. The molecular weight excluding hydrogens is 346 g/mol. The normalized spacial score (nSPS) is 11.9. The van der Waals surface area contributed by atoms with Gasteiger partial charge in [0.25, 0.3) is 0 Å². The Bertz CT molecular complexity index is 667. The lowest BCUT2D eigenvalue weighted by atomic mass is 10.1. The zero-order chi connectivity index (χ0) is 20.0. The molecule has 2 rings (SSSR count). The summed E-state index contributed by atoms with van der Waals surface area (Å²) in [6.45, 7) is 4.28. The number of carbonyl (C=O) groups is 1. The lowest BCUT2D eigenvalue weighted by Gasteiger charge is -2.16. The smallest absolute Gasteiger partial charge is 0.340 e. The van der Waals surface area contributed by atoms with Crippen LogP contribution in [0.5, 0.6) is 0 Å². The van der Waals surface area contributed by atoms with Gasteiger partial charge in [-0.05, 0) is 37.0 Å². The fraction of sp³-hybridized carbons (Fsp3) is 0.520. The predicted molar refractivity (Wildman–Crippen MR) is 115 cm³/mol. The fourth-order valence-corrected chi connectivity index (χ4v) is 3.39. The van der Waals surface area contributed by atoms with Crippen LogP contribution in [0, 0.1) is 0 Å². The number of hydrogen-bond acceptors (Lipinski definition) is 3. The highest BCUT2D eigenvalue weighted by Crippen LogP contribution is 2.22. The molecule has 0 saturated carbocycles. The summed E-state index contributed by atoms with van der Waals surface area (Å²) < 4.78 is 5.69.